The van der Waals surface area contributed by atoms with Gasteiger partial charge in [-0.2, -0.15) is 0 Å². The minimum atomic E-state index is -5.25. The van der Waals surface area contributed by atoms with E-state index in [-0.39, 0.29) is 30.1 Å². The Morgan fingerprint density at radius 1 is 1.10 bits per heavy atom. The van der Waals surface area contributed by atoms with Gasteiger partial charge in [-0.1, -0.05) is 0 Å². The first kappa shape index (κ1) is 21.9. The summed E-state index contributed by atoms with van der Waals surface area (Å²) in [5.41, 5.74) is -2.93. The number of ether oxygens (including phenoxy) is 4. The molecule has 0 bridgehead atoms. The third-order valence-corrected chi connectivity index (χ3v) is 6.07. The minimum absolute atomic E-state index is 0.0305. The molecule has 1 amide bonds. The van der Waals surface area contributed by atoms with Crippen LogP contribution in [0, 0.1) is 5.82 Å². The Bertz CT molecular complexity index is 1650. The molecule has 0 saturated heterocycles. The number of phosphoric acid groups is 1. The van der Waals surface area contributed by atoms with Crippen molar-refractivity contribution in [1.29, 1.82) is 0 Å². The third kappa shape index (κ3) is 6.31. The number of carbonyl (C=O) groups is 1. The van der Waals surface area contributed by atoms with Gasteiger partial charge < -0.3 is 28.7 Å². The summed E-state index contributed by atoms with van der Waals surface area (Å²) < 4.78 is 99.2. The van der Waals surface area contributed by atoms with Crippen LogP contribution in [-0.4, -0.2) is 64.3 Å². The van der Waals surface area contributed by atoms with Crippen LogP contribution in [0.3, 0.4) is 0 Å². The number of carbonyl (C=O) groups excluding carboxylic acids is 1. The van der Waals surface area contributed by atoms with Gasteiger partial charge in [0.2, 0.25) is 5.75 Å². The van der Waals surface area contributed by atoms with Gasteiger partial charge in [-0.05, 0) is 43.5 Å². The van der Waals surface area contributed by atoms with E-state index in [4.69, 9.17) is 27.2 Å². The van der Waals surface area contributed by atoms with Crippen LogP contribution in [0.2, 0.25) is 0 Å². The van der Waals surface area contributed by atoms with E-state index in [0.717, 1.165) is 12.3 Å². The maximum absolute atomic E-state index is 14.9. The summed E-state index contributed by atoms with van der Waals surface area (Å²) in [7, 11) is -0.903. The molecule has 0 atom stereocenters. The Morgan fingerprint density at radius 3 is 2.40 bits per heavy atom. The standard InChI is InChI=1S/C25H28FN4O9P/c1-25(2)24(31)30(13-38-40(32,33)34)23-18(39-25)7-6-15(28-23)11-17-16(26)12-27-21(29-17)10-14-8-19(35-3)22(37-5)20(9-14)36-4/h6-9,12H,10-11,13H2,1-5H3,(H2,32,33,34)/i1D3,2D3. The fourth-order valence-corrected chi connectivity index (χ4v) is 4.10. The highest BCUT2D eigenvalue weighted by molar-refractivity contribution is 7.46. The van der Waals surface area contributed by atoms with Crippen molar-refractivity contribution in [3.63, 3.8) is 0 Å². The van der Waals surface area contributed by atoms with Crippen molar-refractivity contribution in [2.75, 3.05) is 33.0 Å². The predicted molar refractivity (Wildman–Crippen MR) is 138 cm³/mol. The topological polar surface area (TPSA) is 163 Å². The van der Waals surface area contributed by atoms with Crippen LogP contribution >= 0.6 is 7.82 Å². The van der Waals surface area contributed by atoms with E-state index in [9.17, 15) is 23.5 Å². The van der Waals surface area contributed by atoms with Crippen molar-refractivity contribution in [3.05, 3.63) is 59.1 Å². The predicted octanol–water partition coefficient (Wildman–Crippen LogP) is 2.79. The van der Waals surface area contributed by atoms with E-state index >= 15 is 0 Å². The van der Waals surface area contributed by atoms with Gasteiger partial charge in [-0.3, -0.25) is 14.2 Å². The van der Waals surface area contributed by atoms with Gasteiger partial charge in [-0.15, -0.1) is 0 Å². The third-order valence-electron chi connectivity index (χ3n) is 5.62. The molecule has 13 nitrogen and oxygen atoms in total. The van der Waals surface area contributed by atoms with Crippen molar-refractivity contribution in [3.8, 4) is 23.0 Å². The molecule has 0 saturated carbocycles. The Kier molecular flexibility index (Phi) is 6.21. The monoisotopic (exact) mass is 584 g/mol. The SMILES string of the molecule is [2H]C([2H])([2H])C1(C([2H])([2H])[2H])Oc2ccc(Cc3nc(Cc4cc(OC)c(OC)c(OC)c4)ncc3F)nc2N(COP(=O)(O)O)C1=O. The number of methoxy groups -OCH3 is 3. The lowest BCUT2D eigenvalue weighted by atomic mass is 10.1. The maximum atomic E-state index is 14.9. The largest absolute Gasteiger partial charge is 0.493 e. The zero-order valence-corrected chi connectivity index (χ0v) is 22.3. The summed E-state index contributed by atoms with van der Waals surface area (Å²) in [4.78, 5) is 44.8. The Balaban J connectivity index is 1.72. The van der Waals surface area contributed by atoms with Crippen molar-refractivity contribution >= 4 is 19.5 Å². The number of benzene rings is 1. The summed E-state index contributed by atoms with van der Waals surface area (Å²) in [5, 5.41) is 0. The van der Waals surface area contributed by atoms with Crippen LogP contribution in [0.5, 0.6) is 23.0 Å². The van der Waals surface area contributed by atoms with E-state index in [1.54, 1.807) is 12.1 Å². The van der Waals surface area contributed by atoms with E-state index in [2.05, 4.69) is 19.5 Å². The summed E-state index contributed by atoms with van der Waals surface area (Å²) >= 11 is 0. The first-order valence-corrected chi connectivity index (χ1v) is 12.9. The second-order valence-electron chi connectivity index (χ2n) is 8.36. The number of halogens is 1. The Hall–Kier alpha value is -3.84. The minimum Gasteiger partial charge on any atom is -0.493 e. The number of amides is 1. The molecule has 0 spiro atoms. The first-order valence-electron chi connectivity index (χ1n) is 14.4. The fraction of sp³-hybridized carbons (Fsp3) is 0.360. The molecule has 214 valence electrons. The number of pyridine rings is 1. The van der Waals surface area contributed by atoms with Gasteiger partial charge in [0.1, 0.15) is 12.6 Å². The normalized spacial score (nSPS) is 17.2. The molecule has 1 aliphatic rings. The molecule has 3 heterocycles. The van der Waals surface area contributed by atoms with Crippen molar-refractivity contribution in [1.82, 2.24) is 15.0 Å². The average Bonchev–Trinajstić information content (AvgIpc) is 2.95. The number of fused-ring (bicyclic) bond motifs is 1. The van der Waals surface area contributed by atoms with Crippen LogP contribution < -0.4 is 23.8 Å². The van der Waals surface area contributed by atoms with Crippen LogP contribution in [0.1, 0.15) is 44.7 Å². The summed E-state index contributed by atoms with van der Waals surface area (Å²) in [6.07, 6.45) is 0.751. The maximum Gasteiger partial charge on any atom is 0.471 e. The Morgan fingerprint density at radius 2 is 1.80 bits per heavy atom. The second-order valence-corrected chi connectivity index (χ2v) is 9.60. The van der Waals surface area contributed by atoms with E-state index in [1.807, 2.05) is 0 Å². The number of nitrogens with zero attached hydrogens (tertiary/aromatic N) is 4. The quantitative estimate of drug-likeness (QED) is 0.336. The van der Waals surface area contributed by atoms with Crippen LogP contribution in [0.15, 0.2) is 30.5 Å². The zero-order valence-electron chi connectivity index (χ0n) is 27.4. The van der Waals surface area contributed by atoms with Gasteiger partial charge in [0.05, 0.1) is 33.2 Å². The van der Waals surface area contributed by atoms with Gasteiger partial charge in [0.15, 0.2) is 34.5 Å². The highest BCUT2D eigenvalue weighted by Crippen LogP contribution is 2.41. The van der Waals surface area contributed by atoms with Crippen LogP contribution in [-0.2, 0) is 26.7 Å². The van der Waals surface area contributed by atoms with Crippen molar-refractivity contribution < 1.29 is 55.2 Å². The summed E-state index contributed by atoms with van der Waals surface area (Å²) in [6.45, 7) is -8.44. The molecule has 3 aromatic rings. The molecule has 0 fully saturated rings. The molecular weight excluding hydrogens is 550 g/mol. The molecule has 1 aromatic carbocycles. The smallest absolute Gasteiger partial charge is 0.471 e. The molecular formula is C25H28FN4O9P. The van der Waals surface area contributed by atoms with Crippen molar-refractivity contribution in [2.45, 2.75) is 32.1 Å². The molecule has 0 aliphatic carbocycles. The van der Waals surface area contributed by atoms with Crippen LogP contribution in [0.25, 0.3) is 0 Å². The number of phosphoric ester groups is 1. The van der Waals surface area contributed by atoms with Crippen molar-refractivity contribution in [2.24, 2.45) is 0 Å². The molecule has 15 heteroatoms. The van der Waals surface area contributed by atoms with Gasteiger partial charge in [0, 0.05) is 26.8 Å². The molecule has 0 radical (unpaired) electrons. The first-order chi connectivity index (χ1) is 21.3. The lowest BCUT2D eigenvalue weighted by Crippen LogP contribution is -2.53. The van der Waals surface area contributed by atoms with E-state index in [0.29, 0.717) is 27.7 Å². The Labute approximate surface area is 237 Å². The molecule has 2 aromatic heterocycles. The lowest BCUT2D eigenvalue weighted by Gasteiger charge is -2.37. The molecule has 1 aliphatic heterocycles. The number of hydrogen-bond donors (Lipinski definition) is 2. The van der Waals surface area contributed by atoms with Gasteiger partial charge in [-0.25, -0.2) is 23.9 Å². The highest BCUT2D eigenvalue weighted by Gasteiger charge is 2.42. The van der Waals surface area contributed by atoms with E-state index in [1.165, 1.54) is 27.4 Å². The summed E-state index contributed by atoms with van der Waals surface area (Å²) in [5.74, 6) is -2.25. The number of rotatable bonds is 10. The lowest BCUT2D eigenvalue weighted by molar-refractivity contribution is -0.133. The van der Waals surface area contributed by atoms with Gasteiger partial charge in [0.25, 0.3) is 5.91 Å². The number of hydrogen-bond acceptors (Lipinski definition) is 10. The second kappa shape index (κ2) is 11.3. The van der Waals surface area contributed by atoms with Gasteiger partial charge >= 0.3 is 7.82 Å². The number of aromatic nitrogens is 3. The number of anilines is 1. The summed E-state index contributed by atoms with van der Waals surface area (Å²) in [6, 6.07) is 5.68. The molecule has 2 N–H and O–H groups in total. The zero-order chi connectivity index (χ0) is 34.2. The highest BCUT2D eigenvalue weighted by atomic mass is 31.2. The molecule has 40 heavy (non-hydrogen) atoms. The fourth-order valence-electron chi connectivity index (χ4n) is 3.84. The van der Waals surface area contributed by atoms with Crippen LogP contribution in [0.4, 0.5) is 10.2 Å². The average molecular weight is 585 g/mol. The molecule has 0 unspecified atom stereocenters. The van der Waals surface area contributed by atoms with E-state index < -0.39 is 57.2 Å². The molecule has 4 rings (SSSR count).